The second-order valence-electron chi connectivity index (χ2n) is 6.11. The van der Waals surface area contributed by atoms with E-state index >= 15 is 0 Å². The SMILES string of the molecule is CN(CC(=O)N1CCCc2ccccc21)S(=O)(=O)c1cc(Cl)ccc1Cl. The number of carbonyl (C=O) groups excluding carboxylic acids is 1. The van der Waals surface area contributed by atoms with Gasteiger partial charge in [-0.05, 0) is 42.7 Å². The highest BCUT2D eigenvalue weighted by Gasteiger charge is 2.29. The van der Waals surface area contributed by atoms with Gasteiger partial charge in [0.15, 0.2) is 0 Å². The van der Waals surface area contributed by atoms with Gasteiger partial charge in [0.25, 0.3) is 0 Å². The number of hydrogen-bond donors (Lipinski definition) is 0. The molecule has 1 amide bonds. The third-order valence-corrected chi connectivity index (χ3v) is 6.87. The number of nitrogens with zero attached hydrogens (tertiary/aromatic N) is 2. The first kappa shape index (κ1) is 19.2. The zero-order valence-corrected chi connectivity index (χ0v) is 16.5. The van der Waals surface area contributed by atoms with E-state index < -0.39 is 10.0 Å². The average Bonchev–Trinajstić information content (AvgIpc) is 2.63. The molecule has 3 rings (SSSR count). The molecule has 0 aliphatic carbocycles. The van der Waals surface area contributed by atoms with Crippen molar-refractivity contribution in [2.24, 2.45) is 0 Å². The first-order valence-electron chi connectivity index (χ1n) is 8.10. The fourth-order valence-electron chi connectivity index (χ4n) is 3.00. The molecule has 5 nitrogen and oxygen atoms in total. The van der Waals surface area contributed by atoms with Crippen LogP contribution >= 0.6 is 23.2 Å². The van der Waals surface area contributed by atoms with Crippen LogP contribution in [0.3, 0.4) is 0 Å². The van der Waals surface area contributed by atoms with Gasteiger partial charge in [0.05, 0.1) is 11.6 Å². The van der Waals surface area contributed by atoms with Crippen molar-refractivity contribution in [3.63, 3.8) is 0 Å². The van der Waals surface area contributed by atoms with E-state index in [1.807, 2.05) is 24.3 Å². The van der Waals surface area contributed by atoms with E-state index in [1.54, 1.807) is 4.90 Å². The van der Waals surface area contributed by atoms with Gasteiger partial charge in [-0.1, -0.05) is 41.4 Å². The molecule has 0 spiro atoms. The van der Waals surface area contributed by atoms with Gasteiger partial charge < -0.3 is 4.90 Å². The fourth-order valence-corrected chi connectivity index (χ4v) is 4.85. The number of aryl methyl sites for hydroxylation is 1. The summed E-state index contributed by atoms with van der Waals surface area (Å²) in [5.41, 5.74) is 1.94. The standard InChI is InChI=1S/C18H18Cl2N2O3S/c1-21(26(24,25)17-11-14(19)8-9-15(17)20)12-18(23)22-10-4-6-13-5-2-3-7-16(13)22/h2-3,5,7-9,11H,4,6,10,12H2,1H3. The highest BCUT2D eigenvalue weighted by atomic mass is 35.5. The highest BCUT2D eigenvalue weighted by molar-refractivity contribution is 7.89. The van der Waals surface area contributed by atoms with Crippen molar-refractivity contribution in [1.82, 2.24) is 4.31 Å². The predicted octanol–water partition coefficient (Wildman–Crippen LogP) is 3.59. The highest BCUT2D eigenvalue weighted by Crippen LogP contribution is 2.29. The number of fused-ring (bicyclic) bond motifs is 1. The second-order valence-corrected chi connectivity index (χ2v) is 8.97. The molecule has 26 heavy (non-hydrogen) atoms. The van der Waals surface area contributed by atoms with E-state index in [2.05, 4.69) is 0 Å². The average molecular weight is 413 g/mol. The minimum Gasteiger partial charge on any atom is -0.311 e. The molecule has 0 atom stereocenters. The molecular formula is C18H18Cl2N2O3S. The van der Waals surface area contributed by atoms with Crippen LogP contribution in [-0.2, 0) is 21.2 Å². The number of likely N-dealkylation sites (N-methyl/N-ethyl adjacent to an activating group) is 1. The first-order chi connectivity index (χ1) is 12.3. The third-order valence-electron chi connectivity index (χ3n) is 4.35. The molecule has 1 aliphatic heterocycles. The van der Waals surface area contributed by atoms with E-state index in [9.17, 15) is 13.2 Å². The molecule has 0 saturated heterocycles. The predicted molar refractivity (Wildman–Crippen MR) is 103 cm³/mol. The topological polar surface area (TPSA) is 57.7 Å². The largest absolute Gasteiger partial charge is 0.311 e. The lowest BCUT2D eigenvalue weighted by molar-refractivity contribution is -0.118. The van der Waals surface area contributed by atoms with E-state index in [-0.39, 0.29) is 27.4 Å². The van der Waals surface area contributed by atoms with Crippen molar-refractivity contribution in [3.8, 4) is 0 Å². The molecule has 0 saturated carbocycles. The smallest absolute Gasteiger partial charge is 0.244 e. The zero-order chi connectivity index (χ0) is 18.9. The monoisotopic (exact) mass is 412 g/mol. The number of rotatable bonds is 4. The van der Waals surface area contributed by atoms with E-state index in [4.69, 9.17) is 23.2 Å². The van der Waals surface area contributed by atoms with Gasteiger partial charge in [-0.25, -0.2) is 8.42 Å². The lowest BCUT2D eigenvalue weighted by Crippen LogP contribution is -2.43. The quantitative estimate of drug-likeness (QED) is 0.770. The van der Waals surface area contributed by atoms with E-state index in [0.29, 0.717) is 6.54 Å². The molecule has 0 unspecified atom stereocenters. The molecular weight excluding hydrogens is 395 g/mol. The Labute approximate surface area is 163 Å². The van der Waals surface area contributed by atoms with Gasteiger partial charge in [-0.2, -0.15) is 4.31 Å². The molecule has 2 aromatic carbocycles. The van der Waals surface area contributed by atoms with Crippen LogP contribution in [0, 0.1) is 0 Å². The van der Waals surface area contributed by atoms with Gasteiger partial charge in [-0.15, -0.1) is 0 Å². The molecule has 0 bridgehead atoms. The first-order valence-corrected chi connectivity index (χ1v) is 10.3. The van der Waals surface area contributed by atoms with Gasteiger partial charge in [0, 0.05) is 24.3 Å². The van der Waals surface area contributed by atoms with Gasteiger partial charge in [0.1, 0.15) is 4.90 Å². The van der Waals surface area contributed by atoms with Crippen molar-refractivity contribution >= 4 is 44.8 Å². The molecule has 0 fully saturated rings. The molecule has 0 aromatic heterocycles. The summed E-state index contributed by atoms with van der Waals surface area (Å²) in [7, 11) is -2.57. The summed E-state index contributed by atoms with van der Waals surface area (Å²) in [6.45, 7) is 0.293. The Morgan fingerprint density at radius 1 is 1.19 bits per heavy atom. The summed E-state index contributed by atoms with van der Waals surface area (Å²) in [5.74, 6) is -0.277. The maximum absolute atomic E-state index is 12.8. The van der Waals surface area contributed by atoms with Crippen LogP contribution in [0.2, 0.25) is 10.0 Å². The maximum Gasteiger partial charge on any atom is 0.244 e. The molecule has 0 N–H and O–H groups in total. The molecule has 1 aliphatic rings. The number of halogens is 2. The van der Waals surface area contributed by atoms with Crippen LogP contribution in [0.15, 0.2) is 47.4 Å². The number of anilines is 1. The Bertz CT molecular complexity index is 947. The Kier molecular flexibility index (Phi) is 5.58. The van der Waals surface area contributed by atoms with Crippen LogP contribution in [-0.4, -0.2) is 38.8 Å². The molecule has 0 radical (unpaired) electrons. The maximum atomic E-state index is 12.8. The van der Waals surface area contributed by atoms with Gasteiger partial charge in [-0.3, -0.25) is 4.79 Å². The lowest BCUT2D eigenvalue weighted by atomic mass is 10.0. The number of para-hydroxylation sites is 1. The normalized spacial score (nSPS) is 14.4. The third kappa shape index (κ3) is 3.74. The van der Waals surface area contributed by atoms with Crippen molar-refractivity contribution in [2.45, 2.75) is 17.7 Å². The van der Waals surface area contributed by atoms with Crippen molar-refractivity contribution in [3.05, 3.63) is 58.1 Å². The summed E-state index contributed by atoms with van der Waals surface area (Å²) in [4.78, 5) is 14.3. The number of amides is 1. The Balaban J connectivity index is 1.83. The van der Waals surface area contributed by atoms with Gasteiger partial charge in [0.2, 0.25) is 15.9 Å². The summed E-state index contributed by atoms with van der Waals surface area (Å²) < 4.78 is 26.6. The summed E-state index contributed by atoms with van der Waals surface area (Å²) >= 11 is 11.9. The van der Waals surface area contributed by atoms with Crippen LogP contribution in [0.1, 0.15) is 12.0 Å². The van der Waals surface area contributed by atoms with Crippen LogP contribution < -0.4 is 4.90 Å². The minimum absolute atomic E-state index is 0.0667. The molecule has 8 heteroatoms. The number of carbonyl (C=O) groups is 1. The minimum atomic E-state index is -3.93. The Morgan fingerprint density at radius 2 is 1.92 bits per heavy atom. The summed E-state index contributed by atoms with van der Waals surface area (Å²) in [6, 6.07) is 11.9. The van der Waals surface area contributed by atoms with Crippen LogP contribution in [0.5, 0.6) is 0 Å². The summed E-state index contributed by atoms with van der Waals surface area (Å²) in [5, 5.41) is 0.328. The van der Waals surface area contributed by atoms with E-state index in [0.717, 1.165) is 28.4 Å². The fraction of sp³-hybridized carbons (Fsp3) is 0.278. The molecule has 2 aromatic rings. The Morgan fingerprint density at radius 3 is 2.69 bits per heavy atom. The number of sulfonamides is 1. The second kappa shape index (κ2) is 7.56. The lowest BCUT2D eigenvalue weighted by Gasteiger charge is -2.30. The van der Waals surface area contributed by atoms with Crippen molar-refractivity contribution in [1.29, 1.82) is 0 Å². The van der Waals surface area contributed by atoms with Crippen LogP contribution in [0.4, 0.5) is 5.69 Å². The van der Waals surface area contributed by atoms with Gasteiger partial charge >= 0.3 is 0 Å². The molecule has 138 valence electrons. The van der Waals surface area contributed by atoms with E-state index in [1.165, 1.54) is 25.2 Å². The van der Waals surface area contributed by atoms with Crippen molar-refractivity contribution in [2.75, 3.05) is 25.0 Å². The summed E-state index contributed by atoms with van der Waals surface area (Å²) in [6.07, 6.45) is 1.76. The Hall–Kier alpha value is -1.60. The van der Waals surface area contributed by atoms with Crippen molar-refractivity contribution < 1.29 is 13.2 Å². The molecule has 1 heterocycles. The van der Waals surface area contributed by atoms with Crippen LogP contribution in [0.25, 0.3) is 0 Å². The number of benzene rings is 2. The zero-order valence-electron chi connectivity index (χ0n) is 14.2. The number of hydrogen-bond acceptors (Lipinski definition) is 3.